The molecule has 7 heteroatoms. The van der Waals surface area contributed by atoms with E-state index < -0.39 is 10.0 Å². The summed E-state index contributed by atoms with van der Waals surface area (Å²) in [5.74, 6) is 0. The summed E-state index contributed by atoms with van der Waals surface area (Å²) in [5, 5.41) is 4.47. The molecule has 124 valence electrons. The molecule has 0 bridgehead atoms. The minimum atomic E-state index is -3.49. The van der Waals surface area contributed by atoms with Crippen LogP contribution in [0.1, 0.15) is 22.5 Å². The van der Waals surface area contributed by atoms with Gasteiger partial charge in [-0.05, 0) is 26.0 Å². The van der Waals surface area contributed by atoms with Crippen molar-refractivity contribution < 1.29 is 8.42 Å². The van der Waals surface area contributed by atoms with E-state index in [0.29, 0.717) is 24.4 Å². The molecule has 1 aliphatic rings. The molecule has 0 unspecified atom stereocenters. The number of rotatable bonds is 2. The SMILES string of the molecule is Cc1ccc(S(=O)(=O)N2CCc3c(cnc4cc(C)nn34)C2)cc1. The zero-order valence-corrected chi connectivity index (χ0v) is 14.4. The first-order valence-electron chi connectivity index (χ1n) is 7.85. The first-order chi connectivity index (χ1) is 11.4. The summed E-state index contributed by atoms with van der Waals surface area (Å²) in [6.45, 7) is 4.64. The Labute approximate surface area is 140 Å². The maximum absolute atomic E-state index is 12.9. The Hall–Kier alpha value is -2.25. The van der Waals surface area contributed by atoms with Crippen molar-refractivity contribution in [3.05, 3.63) is 59.0 Å². The van der Waals surface area contributed by atoms with Crippen LogP contribution in [0.3, 0.4) is 0 Å². The standard InChI is InChI=1S/C17H18N4O2S/c1-12-3-5-15(6-4-12)24(22,23)20-8-7-16-14(11-20)10-18-17-9-13(2)19-21(16)17/h3-6,9-10H,7-8,11H2,1-2H3. The van der Waals surface area contributed by atoms with Crippen molar-refractivity contribution in [1.29, 1.82) is 0 Å². The molecule has 0 atom stereocenters. The Balaban J connectivity index is 1.71. The molecular formula is C17H18N4O2S. The van der Waals surface area contributed by atoms with Gasteiger partial charge in [-0.3, -0.25) is 0 Å². The normalized spacial score (nSPS) is 15.6. The summed E-state index contributed by atoms with van der Waals surface area (Å²) in [6, 6.07) is 8.90. The van der Waals surface area contributed by atoms with Crippen molar-refractivity contribution in [2.45, 2.75) is 31.7 Å². The molecule has 0 spiro atoms. The number of benzene rings is 1. The third-order valence-electron chi connectivity index (χ3n) is 4.40. The molecule has 3 aromatic rings. The molecule has 4 rings (SSSR count). The van der Waals surface area contributed by atoms with Gasteiger partial charge >= 0.3 is 0 Å². The average Bonchev–Trinajstić information content (AvgIpc) is 2.95. The highest BCUT2D eigenvalue weighted by Crippen LogP contribution is 2.25. The average molecular weight is 342 g/mol. The summed E-state index contributed by atoms with van der Waals surface area (Å²) in [6.07, 6.45) is 2.39. The minimum absolute atomic E-state index is 0.327. The van der Waals surface area contributed by atoms with E-state index in [4.69, 9.17) is 0 Å². The van der Waals surface area contributed by atoms with Crippen LogP contribution in [0.5, 0.6) is 0 Å². The van der Waals surface area contributed by atoms with E-state index in [9.17, 15) is 8.42 Å². The largest absolute Gasteiger partial charge is 0.243 e. The maximum Gasteiger partial charge on any atom is 0.243 e. The van der Waals surface area contributed by atoms with Crippen molar-refractivity contribution in [1.82, 2.24) is 18.9 Å². The Kier molecular flexibility index (Phi) is 3.43. The number of aryl methyl sites for hydroxylation is 2. The Morgan fingerprint density at radius 3 is 2.62 bits per heavy atom. The number of sulfonamides is 1. The van der Waals surface area contributed by atoms with Gasteiger partial charge in [-0.15, -0.1) is 0 Å². The zero-order valence-electron chi connectivity index (χ0n) is 13.6. The van der Waals surface area contributed by atoms with Crippen molar-refractivity contribution in [2.24, 2.45) is 0 Å². The monoisotopic (exact) mass is 342 g/mol. The molecule has 0 saturated carbocycles. The predicted molar refractivity (Wildman–Crippen MR) is 90.2 cm³/mol. The van der Waals surface area contributed by atoms with Crippen LogP contribution in [-0.2, 0) is 23.0 Å². The molecule has 2 aromatic heterocycles. The highest BCUT2D eigenvalue weighted by Gasteiger charge is 2.29. The molecule has 0 radical (unpaired) electrons. The van der Waals surface area contributed by atoms with Crippen molar-refractivity contribution in [2.75, 3.05) is 6.54 Å². The molecule has 0 fully saturated rings. The van der Waals surface area contributed by atoms with Crippen LogP contribution in [-0.4, -0.2) is 33.9 Å². The van der Waals surface area contributed by atoms with E-state index in [1.54, 1.807) is 18.3 Å². The molecule has 0 amide bonds. The number of fused-ring (bicyclic) bond motifs is 3. The Bertz CT molecular complexity index is 1020. The van der Waals surface area contributed by atoms with Gasteiger partial charge < -0.3 is 0 Å². The second-order valence-electron chi connectivity index (χ2n) is 6.19. The van der Waals surface area contributed by atoms with Crippen molar-refractivity contribution >= 4 is 15.7 Å². The zero-order chi connectivity index (χ0) is 16.9. The van der Waals surface area contributed by atoms with Crippen LogP contribution in [0, 0.1) is 13.8 Å². The van der Waals surface area contributed by atoms with E-state index >= 15 is 0 Å². The first kappa shape index (κ1) is 15.3. The molecule has 0 saturated heterocycles. The van der Waals surface area contributed by atoms with Crippen LogP contribution >= 0.6 is 0 Å². The van der Waals surface area contributed by atoms with Gasteiger partial charge in [0, 0.05) is 37.3 Å². The van der Waals surface area contributed by atoms with E-state index in [2.05, 4.69) is 10.1 Å². The summed E-state index contributed by atoms with van der Waals surface area (Å²) < 4.78 is 29.1. The van der Waals surface area contributed by atoms with Crippen molar-refractivity contribution in [3.63, 3.8) is 0 Å². The van der Waals surface area contributed by atoms with Crippen LogP contribution in [0.25, 0.3) is 5.65 Å². The lowest BCUT2D eigenvalue weighted by atomic mass is 10.1. The summed E-state index contributed by atoms with van der Waals surface area (Å²) in [4.78, 5) is 4.73. The number of aromatic nitrogens is 3. The maximum atomic E-state index is 12.9. The van der Waals surface area contributed by atoms with Gasteiger partial charge in [0.15, 0.2) is 5.65 Å². The minimum Gasteiger partial charge on any atom is -0.237 e. The predicted octanol–water partition coefficient (Wildman–Crippen LogP) is 2.09. The van der Waals surface area contributed by atoms with Gasteiger partial charge in [0.05, 0.1) is 16.3 Å². The summed E-state index contributed by atoms with van der Waals surface area (Å²) in [5.41, 5.74) is 4.71. The Morgan fingerprint density at radius 1 is 1.12 bits per heavy atom. The van der Waals surface area contributed by atoms with E-state index in [1.165, 1.54) is 4.31 Å². The lowest BCUT2D eigenvalue weighted by Gasteiger charge is -2.28. The second kappa shape index (κ2) is 5.39. The quantitative estimate of drug-likeness (QED) is 0.715. The highest BCUT2D eigenvalue weighted by molar-refractivity contribution is 7.89. The fraction of sp³-hybridized carbons (Fsp3) is 0.294. The third kappa shape index (κ3) is 2.40. The Morgan fingerprint density at radius 2 is 1.88 bits per heavy atom. The molecule has 0 aliphatic carbocycles. The topological polar surface area (TPSA) is 67.6 Å². The van der Waals surface area contributed by atoms with Gasteiger partial charge in [0.25, 0.3) is 0 Å². The number of hydrogen-bond donors (Lipinski definition) is 0. The third-order valence-corrected chi connectivity index (χ3v) is 6.25. The number of hydrogen-bond acceptors (Lipinski definition) is 4. The van der Waals surface area contributed by atoms with Gasteiger partial charge in [-0.2, -0.15) is 9.40 Å². The van der Waals surface area contributed by atoms with Gasteiger partial charge in [-0.25, -0.2) is 17.9 Å². The van der Waals surface area contributed by atoms with E-state index in [-0.39, 0.29) is 0 Å². The van der Waals surface area contributed by atoms with Crippen LogP contribution in [0.4, 0.5) is 0 Å². The van der Waals surface area contributed by atoms with E-state index in [0.717, 1.165) is 28.2 Å². The molecule has 3 heterocycles. The van der Waals surface area contributed by atoms with Gasteiger partial charge in [0.2, 0.25) is 10.0 Å². The van der Waals surface area contributed by atoms with Crippen LogP contribution < -0.4 is 0 Å². The highest BCUT2D eigenvalue weighted by atomic mass is 32.2. The van der Waals surface area contributed by atoms with Gasteiger partial charge in [-0.1, -0.05) is 17.7 Å². The molecule has 1 aliphatic heterocycles. The van der Waals surface area contributed by atoms with Gasteiger partial charge in [0.1, 0.15) is 0 Å². The molecule has 24 heavy (non-hydrogen) atoms. The molecular weight excluding hydrogens is 324 g/mol. The van der Waals surface area contributed by atoms with E-state index in [1.807, 2.05) is 36.6 Å². The fourth-order valence-electron chi connectivity index (χ4n) is 3.09. The number of nitrogens with zero attached hydrogens (tertiary/aromatic N) is 4. The molecule has 1 aromatic carbocycles. The molecule has 6 nitrogen and oxygen atoms in total. The summed E-state index contributed by atoms with van der Waals surface area (Å²) >= 11 is 0. The van der Waals surface area contributed by atoms with Crippen LogP contribution in [0.2, 0.25) is 0 Å². The molecule has 0 N–H and O–H groups in total. The van der Waals surface area contributed by atoms with Crippen LogP contribution in [0.15, 0.2) is 41.4 Å². The second-order valence-corrected chi connectivity index (χ2v) is 8.13. The van der Waals surface area contributed by atoms with Crippen molar-refractivity contribution in [3.8, 4) is 0 Å². The first-order valence-corrected chi connectivity index (χ1v) is 9.29. The lowest BCUT2D eigenvalue weighted by Crippen LogP contribution is -2.37. The summed E-state index contributed by atoms with van der Waals surface area (Å²) in [7, 11) is -3.49. The fourth-order valence-corrected chi connectivity index (χ4v) is 4.51. The smallest absolute Gasteiger partial charge is 0.237 e. The lowest BCUT2D eigenvalue weighted by molar-refractivity contribution is 0.384.